The molecule has 1 saturated heterocycles. The third-order valence-electron chi connectivity index (χ3n) is 1.76. The van der Waals surface area contributed by atoms with Crippen LogP contribution in [0.4, 0.5) is 0 Å². The molecule has 1 aliphatic heterocycles. The van der Waals surface area contributed by atoms with Crippen molar-refractivity contribution in [2.75, 3.05) is 13.2 Å². The van der Waals surface area contributed by atoms with Gasteiger partial charge in [-0.3, -0.25) is 0 Å². The van der Waals surface area contributed by atoms with Crippen molar-refractivity contribution in [2.45, 2.75) is 22.6 Å². The van der Waals surface area contributed by atoms with E-state index in [1.807, 2.05) is 6.92 Å². The fourth-order valence-electron chi connectivity index (χ4n) is 1.09. The summed E-state index contributed by atoms with van der Waals surface area (Å²) >= 11 is 3.10. The molecule has 1 N–H and O–H groups in total. The third-order valence-corrected chi connectivity index (χ3v) is 3.97. The summed E-state index contributed by atoms with van der Waals surface area (Å²) in [5.41, 5.74) is 0. The molecule has 0 unspecified atom stereocenters. The van der Waals surface area contributed by atoms with E-state index < -0.39 is 0 Å². The van der Waals surface area contributed by atoms with E-state index in [0.29, 0.717) is 13.2 Å². The number of hydrogen-bond donors (Lipinski definition) is 1. The molecular formula is C7H10N2O2S2. The van der Waals surface area contributed by atoms with E-state index in [1.165, 1.54) is 0 Å². The number of aromatic nitrogens is 2. The standard InChI is InChI=1S/C7H10N2O2S2/c1-4-8-9-7(12-4)13-6-3-11-2-5(6)10/h5-6,10H,2-3H2,1H3/t5-,6-/m1/s1. The maximum absolute atomic E-state index is 9.47. The molecule has 0 spiro atoms. The average molecular weight is 218 g/mol. The molecule has 1 aliphatic rings. The van der Waals surface area contributed by atoms with Crippen molar-refractivity contribution >= 4 is 23.1 Å². The first-order chi connectivity index (χ1) is 6.25. The molecular weight excluding hydrogens is 208 g/mol. The monoisotopic (exact) mass is 218 g/mol. The Morgan fingerprint density at radius 3 is 2.92 bits per heavy atom. The summed E-state index contributed by atoms with van der Waals surface area (Å²) in [6.45, 7) is 2.96. The lowest BCUT2D eigenvalue weighted by Gasteiger charge is -2.07. The van der Waals surface area contributed by atoms with Crippen LogP contribution in [-0.4, -0.2) is 39.9 Å². The largest absolute Gasteiger partial charge is 0.389 e. The molecule has 1 aromatic rings. The molecule has 72 valence electrons. The van der Waals surface area contributed by atoms with Crippen molar-refractivity contribution in [3.8, 4) is 0 Å². The van der Waals surface area contributed by atoms with E-state index in [9.17, 15) is 5.11 Å². The Kier molecular flexibility index (Phi) is 2.83. The second-order valence-corrected chi connectivity index (χ2v) is 5.52. The van der Waals surface area contributed by atoms with Gasteiger partial charge in [-0.05, 0) is 6.92 Å². The van der Waals surface area contributed by atoms with Gasteiger partial charge >= 0.3 is 0 Å². The van der Waals surface area contributed by atoms with Gasteiger partial charge in [-0.2, -0.15) is 0 Å². The van der Waals surface area contributed by atoms with Crippen LogP contribution >= 0.6 is 23.1 Å². The van der Waals surface area contributed by atoms with Gasteiger partial charge in [0.2, 0.25) is 0 Å². The van der Waals surface area contributed by atoms with Crippen molar-refractivity contribution in [1.29, 1.82) is 0 Å². The number of aliphatic hydroxyl groups excluding tert-OH is 1. The number of ether oxygens (including phenoxy) is 1. The normalized spacial score (nSPS) is 28.2. The van der Waals surface area contributed by atoms with E-state index in [-0.39, 0.29) is 11.4 Å². The van der Waals surface area contributed by atoms with Crippen molar-refractivity contribution < 1.29 is 9.84 Å². The van der Waals surface area contributed by atoms with Gasteiger partial charge < -0.3 is 9.84 Å². The Labute approximate surface area is 84.3 Å². The summed E-state index contributed by atoms with van der Waals surface area (Å²) in [5.74, 6) is 0. The summed E-state index contributed by atoms with van der Waals surface area (Å²) in [7, 11) is 0. The van der Waals surface area contributed by atoms with Gasteiger partial charge in [-0.1, -0.05) is 23.1 Å². The molecule has 4 nitrogen and oxygen atoms in total. The van der Waals surface area contributed by atoms with E-state index in [2.05, 4.69) is 10.2 Å². The smallest absolute Gasteiger partial charge is 0.174 e. The number of nitrogens with zero attached hydrogens (tertiary/aromatic N) is 2. The highest BCUT2D eigenvalue weighted by molar-refractivity contribution is 8.01. The van der Waals surface area contributed by atoms with Gasteiger partial charge in [0.25, 0.3) is 0 Å². The first-order valence-corrected chi connectivity index (χ1v) is 5.68. The average Bonchev–Trinajstić information content (AvgIpc) is 2.64. The molecule has 0 aromatic carbocycles. The molecule has 13 heavy (non-hydrogen) atoms. The van der Waals surface area contributed by atoms with Crippen molar-refractivity contribution in [2.24, 2.45) is 0 Å². The van der Waals surface area contributed by atoms with Crippen LogP contribution in [-0.2, 0) is 4.74 Å². The molecule has 2 rings (SSSR count). The molecule has 6 heteroatoms. The molecule has 2 heterocycles. The number of rotatable bonds is 2. The quantitative estimate of drug-likeness (QED) is 0.792. The highest BCUT2D eigenvalue weighted by Gasteiger charge is 2.28. The Balaban J connectivity index is 1.97. The fourth-order valence-corrected chi connectivity index (χ4v) is 3.18. The predicted octanol–water partition coefficient (Wildman–Crippen LogP) is 0.698. The van der Waals surface area contributed by atoms with Gasteiger partial charge in [-0.15, -0.1) is 10.2 Å². The first kappa shape index (κ1) is 9.39. The van der Waals surface area contributed by atoms with Gasteiger partial charge in [-0.25, -0.2) is 0 Å². The van der Waals surface area contributed by atoms with Crippen LogP contribution in [0.1, 0.15) is 5.01 Å². The minimum absolute atomic E-state index is 0.118. The van der Waals surface area contributed by atoms with Crippen LogP contribution in [0.25, 0.3) is 0 Å². The number of aryl methyl sites for hydroxylation is 1. The summed E-state index contributed by atoms with van der Waals surface area (Å²) in [5, 5.41) is 18.4. The maximum Gasteiger partial charge on any atom is 0.174 e. The fraction of sp³-hybridized carbons (Fsp3) is 0.714. The predicted molar refractivity (Wildman–Crippen MR) is 51.1 cm³/mol. The van der Waals surface area contributed by atoms with Crippen molar-refractivity contribution in [1.82, 2.24) is 10.2 Å². The minimum atomic E-state index is -0.366. The van der Waals surface area contributed by atoms with Crippen LogP contribution in [0.2, 0.25) is 0 Å². The lowest BCUT2D eigenvalue weighted by molar-refractivity contribution is 0.127. The Bertz CT molecular complexity index is 292. The van der Waals surface area contributed by atoms with Crippen molar-refractivity contribution in [3.05, 3.63) is 5.01 Å². The molecule has 1 aromatic heterocycles. The Hall–Kier alpha value is -0.170. The molecule has 2 atom stereocenters. The molecule has 0 saturated carbocycles. The minimum Gasteiger partial charge on any atom is -0.389 e. The highest BCUT2D eigenvalue weighted by atomic mass is 32.2. The second-order valence-electron chi connectivity index (χ2n) is 2.85. The molecule has 1 fully saturated rings. The van der Waals surface area contributed by atoms with E-state index in [1.54, 1.807) is 23.1 Å². The third kappa shape index (κ3) is 2.19. The SMILES string of the molecule is Cc1nnc(S[C@@H]2COC[C@H]2O)s1. The molecule has 0 aliphatic carbocycles. The topological polar surface area (TPSA) is 55.2 Å². The summed E-state index contributed by atoms with van der Waals surface area (Å²) in [6, 6.07) is 0. The van der Waals surface area contributed by atoms with Gasteiger partial charge in [0, 0.05) is 0 Å². The van der Waals surface area contributed by atoms with E-state index in [0.717, 1.165) is 9.35 Å². The second kappa shape index (κ2) is 3.91. The lowest BCUT2D eigenvalue weighted by atomic mass is 10.3. The highest BCUT2D eigenvalue weighted by Crippen LogP contribution is 2.30. The summed E-state index contributed by atoms with van der Waals surface area (Å²) in [6.07, 6.45) is -0.366. The van der Waals surface area contributed by atoms with E-state index >= 15 is 0 Å². The number of thioether (sulfide) groups is 1. The first-order valence-electron chi connectivity index (χ1n) is 3.98. The number of hydrogen-bond acceptors (Lipinski definition) is 6. The molecule has 0 amide bonds. The zero-order chi connectivity index (χ0) is 9.26. The Morgan fingerprint density at radius 2 is 2.38 bits per heavy atom. The molecule has 0 bridgehead atoms. The summed E-state index contributed by atoms with van der Waals surface area (Å²) in [4.78, 5) is 0. The van der Waals surface area contributed by atoms with Gasteiger partial charge in [0.15, 0.2) is 4.34 Å². The Morgan fingerprint density at radius 1 is 1.54 bits per heavy atom. The van der Waals surface area contributed by atoms with Crippen LogP contribution < -0.4 is 0 Å². The maximum atomic E-state index is 9.47. The van der Waals surface area contributed by atoms with Crippen LogP contribution in [0.3, 0.4) is 0 Å². The zero-order valence-corrected chi connectivity index (χ0v) is 8.77. The lowest BCUT2D eigenvalue weighted by Crippen LogP contribution is -2.19. The van der Waals surface area contributed by atoms with Gasteiger partial charge in [0.05, 0.1) is 24.6 Å². The summed E-state index contributed by atoms with van der Waals surface area (Å²) < 4.78 is 6.04. The van der Waals surface area contributed by atoms with Crippen LogP contribution in [0.5, 0.6) is 0 Å². The van der Waals surface area contributed by atoms with Gasteiger partial charge in [0.1, 0.15) is 5.01 Å². The molecule has 0 radical (unpaired) electrons. The number of aliphatic hydroxyl groups is 1. The van der Waals surface area contributed by atoms with E-state index in [4.69, 9.17) is 4.74 Å². The van der Waals surface area contributed by atoms with Crippen molar-refractivity contribution in [3.63, 3.8) is 0 Å². The van der Waals surface area contributed by atoms with Crippen LogP contribution in [0, 0.1) is 6.92 Å². The zero-order valence-electron chi connectivity index (χ0n) is 7.14. The van der Waals surface area contributed by atoms with Crippen LogP contribution in [0.15, 0.2) is 4.34 Å².